The van der Waals surface area contributed by atoms with E-state index in [4.69, 9.17) is 21.1 Å². The van der Waals surface area contributed by atoms with Gasteiger partial charge in [0.05, 0.1) is 12.1 Å². The summed E-state index contributed by atoms with van der Waals surface area (Å²) in [7, 11) is 0. The molecule has 1 aromatic heterocycles. The van der Waals surface area contributed by atoms with Crippen LogP contribution in [0.4, 0.5) is 13.2 Å². The Morgan fingerprint density at radius 3 is 2.70 bits per heavy atom. The third-order valence-corrected chi connectivity index (χ3v) is 4.05. The minimum Gasteiger partial charge on any atom is -0.486 e. The van der Waals surface area contributed by atoms with Gasteiger partial charge in [-0.2, -0.15) is 13.2 Å². The fraction of sp³-hybridized carbons (Fsp3) is 0.294. The van der Waals surface area contributed by atoms with Crippen LogP contribution in [0.2, 0.25) is 5.02 Å². The maximum atomic E-state index is 12.8. The van der Waals surface area contributed by atoms with E-state index in [9.17, 15) is 22.8 Å². The second-order valence-electron chi connectivity index (χ2n) is 5.81. The molecule has 0 fully saturated rings. The summed E-state index contributed by atoms with van der Waals surface area (Å²) in [5.41, 5.74) is -1.99. The molecule has 2 aromatic rings. The number of hydrogen-bond acceptors (Lipinski definition) is 4. The minimum absolute atomic E-state index is 0.0641. The number of carbonyl (C=O) groups is 1. The highest BCUT2D eigenvalue weighted by atomic mass is 35.5. The third-order valence-electron chi connectivity index (χ3n) is 3.78. The number of aromatic nitrogens is 1. The van der Waals surface area contributed by atoms with Gasteiger partial charge in [-0.25, -0.2) is 0 Å². The van der Waals surface area contributed by atoms with Crippen LogP contribution in [0.15, 0.2) is 41.3 Å². The molecule has 0 saturated carbocycles. The van der Waals surface area contributed by atoms with E-state index in [2.05, 4.69) is 5.32 Å². The number of nitrogens with one attached hydrogen (secondary N) is 1. The summed E-state index contributed by atoms with van der Waals surface area (Å²) >= 11 is 5.55. The van der Waals surface area contributed by atoms with Gasteiger partial charge in [-0.05, 0) is 18.2 Å². The number of amides is 1. The van der Waals surface area contributed by atoms with E-state index in [1.807, 2.05) is 0 Å². The molecule has 1 aliphatic rings. The zero-order chi connectivity index (χ0) is 19.6. The molecule has 3 rings (SSSR count). The van der Waals surface area contributed by atoms with Crippen LogP contribution < -0.4 is 20.3 Å². The van der Waals surface area contributed by atoms with Crippen LogP contribution in [0.5, 0.6) is 11.5 Å². The van der Waals surface area contributed by atoms with Gasteiger partial charge < -0.3 is 19.4 Å². The normalized spacial score (nSPS) is 16.1. The average Bonchev–Trinajstić information content (AvgIpc) is 2.62. The SMILES string of the molecule is O=C(Cn1cc(C(F)(F)F)cc(Cl)c1=O)NC[C@@H]1COc2ccccc2O1. The van der Waals surface area contributed by atoms with Gasteiger partial charge in [-0.1, -0.05) is 23.7 Å². The molecule has 10 heteroatoms. The van der Waals surface area contributed by atoms with Gasteiger partial charge in [0, 0.05) is 6.20 Å². The minimum atomic E-state index is -4.68. The largest absolute Gasteiger partial charge is 0.486 e. The quantitative estimate of drug-likeness (QED) is 0.853. The second-order valence-corrected chi connectivity index (χ2v) is 6.22. The molecule has 0 spiro atoms. The zero-order valence-electron chi connectivity index (χ0n) is 13.8. The summed E-state index contributed by atoms with van der Waals surface area (Å²) in [6.45, 7) is -0.339. The van der Waals surface area contributed by atoms with E-state index in [-0.39, 0.29) is 13.2 Å². The van der Waals surface area contributed by atoms with Gasteiger partial charge in [-0.3, -0.25) is 9.59 Å². The second kappa shape index (κ2) is 7.51. The zero-order valence-corrected chi connectivity index (χ0v) is 14.5. The van der Waals surface area contributed by atoms with Crippen LogP contribution >= 0.6 is 11.6 Å². The van der Waals surface area contributed by atoms with Crippen molar-refractivity contribution in [2.45, 2.75) is 18.8 Å². The predicted molar refractivity (Wildman–Crippen MR) is 90.1 cm³/mol. The molecule has 0 saturated heterocycles. The Kier molecular flexibility index (Phi) is 5.31. The number of rotatable bonds is 4. The molecule has 27 heavy (non-hydrogen) atoms. The van der Waals surface area contributed by atoms with Crippen molar-refractivity contribution in [3.63, 3.8) is 0 Å². The first-order valence-electron chi connectivity index (χ1n) is 7.86. The topological polar surface area (TPSA) is 69.6 Å². The number of ether oxygens (including phenoxy) is 2. The maximum absolute atomic E-state index is 12.8. The molecule has 1 aliphatic heterocycles. The maximum Gasteiger partial charge on any atom is 0.417 e. The molecule has 0 radical (unpaired) electrons. The fourth-order valence-corrected chi connectivity index (χ4v) is 2.70. The van der Waals surface area contributed by atoms with Crippen molar-refractivity contribution < 1.29 is 27.4 Å². The summed E-state index contributed by atoms with van der Waals surface area (Å²) in [6.07, 6.45) is -4.59. The lowest BCUT2D eigenvalue weighted by atomic mass is 10.2. The number of benzene rings is 1. The number of carbonyl (C=O) groups excluding carboxylic acids is 1. The number of hydrogen-bond donors (Lipinski definition) is 1. The number of nitrogens with zero attached hydrogens (tertiary/aromatic N) is 1. The Hall–Kier alpha value is -2.68. The van der Waals surface area contributed by atoms with Gasteiger partial charge in [-0.15, -0.1) is 0 Å². The van der Waals surface area contributed by atoms with E-state index in [1.165, 1.54) is 0 Å². The van der Waals surface area contributed by atoms with Crippen LogP contribution in [0, 0.1) is 0 Å². The standard InChI is InChI=1S/C17H14ClF3N2O4/c18-12-5-10(17(19,20)21)7-23(16(12)25)8-15(24)22-6-11-9-26-13-3-1-2-4-14(13)27-11/h1-5,7,11H,6,8-9H2,(H,22,24)/t11-/m1/s1. The molecule has 0 aliphatic carbocycles. The van der Waals surface area contributed by atoms with Crippen molar-refractivity contribution in [3.8, 4) is 11.5 Å². The Morgan fingerprint density at radius 1 is 1.30 bits per heavy atom. The molecule has 6 nitrogen and oxygen atoms in total. The number of fused-ring (bicyclic) bond motifs is 1. The fourth-order valence-electron chi connectivity index (χ4n) is 2.47. The van der Waals surface area contributed by atoms with Gasteiger partial charge >= 0.3 is 6.18 Å². The van der Waals surface area contributed by atoms with Gasteiger partial charge in [0.2, 0.25) is 5.91 Å². The highest BCUT2D eigenvalue weighted by molar-refractivity contribution is 6.30. The highest BCUT2D eigenvalue weighted by Gasteiger charge is 2.32. The first kappa shape index (κ1) is 19.1. The van der Waals surface area contributed by atoms with E-state index >= 15 is 0 Å². The van der Waals surface area contributed by atoms with Crippen LogP contribution in [-0.4, -0.2) is 29.7 Å². The van der Waals surface area contributed by atoms with Crippen molar-refractivity contribution in [2.75, 3.05) is 13.2 Å². The lowest BCUT2D eigenvalue weighted by Gasteiger charge is -2.26. The first-order chi connectivity index (χ1) is 12.7. The summed E-state index contributed by atoms with van der Waals surface area (Å²) in [4.78, 5) is 23.9. The Labute approximate surface area is 156 Å². The van der Waals surface area contributed by atoms with Crippen molar-refractivity contribution in [1.29, 1.82) is 0 Å². The van der Waals surface area contributed by atoms with E-state index in [1.54, 1.807) is 24.3 Å². The molecule has 1 N–H and O–H groups in total. The number of alkyl halides is 3. The van der Waals surface area contributed by atoms with E-state index < -0.39 is 40.9 Å². The smallest absolute Gasteiger partial charge is 0.417 e. The van der Waals surface area contributed by atoms with Crippen molar-refractivity contribution >= 4 is 17.5 Å². The number of halogens is 4. The van der Waals surface area contributed by atoms with Crippen LogP contribution in [0.1, 0.15) is 5.56 Å². The van der Waals surface area contributed by atoms with Gasteiger partial charge in [0.25, 0.3) is 5.56 Å². The average molecular weight is 403 g/mol. The molecule has 1 amide bonds. The monoisotopic (exact) mass is 402 g/mol. The Morgan fingerprint density at radius 2 is 2.00 bits per heavy atom. The summed E-state index contributed by atoms with van der Waals surface area (Å²) in [5, 5.41) is 1.90. The Bertz CT molecular complexity index is 914. The van der Waals surface area contributed by atoms with Crippen LogP contribution in [0.3, 0.4) is 0 Å². The van der Waals surface area contributed by atoms with Gasteiger partial charge in [0.15, 0.2) is 11.5 Å². The van der Waals surface area contributed by atoms with E-state index in [0.29, 0.717) is 28.3 Å². The number of para-hydroxylation sites is 2. The van der Waals surface area contributed by atoms with Crippen LogP contribution in [0.25, 0.3) is 0 Å². The third kappa shape index (κ3) is 4.54. The summed E-state index contributed by atoms with van der Waals surface area (Å²) in [6, 6.07) is 7.56. The van der Waals surface area contributed by atoms with Crippen molar-refractivity contribution in [1.82, 2.24) is 9.88 Å². The van der Waals surface area contributed by atoms with E-state index in [0.717, 1.165) is 0 Å². The Balaban J connectivity index is 1.62. The predicted octanol–water partition coefficient (Wildman–Crippen LogP) is 2.48. The highest BCUT2D eigenvalue weighted by Crippen LogP contribution is 2.31. The molecular weight excluding hydrogens is 389 g/mol. The molecular formula is C17H14ClF3N2O4. The van der Waals surface area contributed by atoms with Crippen LogP contribution in [-0.2, 0) is 17.5 Å². The lowest BCUT2D eigenvalue weighted by molar-refractivity contribution is -0.138. The number of pyridine rings is 1. The molecule has 144 valence electrons. The molecule has 1 aromatic carbocycles. The molecule has 2 heterocycles. The van der Waals surface area contributed by atoms with Crippen molar-refractivity contribution in [3.05, 3.63) is 57.5 Å². The lowest BCUT2D eigenvalue weighted by Crippen LogP contribution is -2.42. The van der Waals surface area contributed by atoms with Crippen molar-refractivity contribution in [2.24, 2.45) is 0 Å². The first-order valence-corrected chi connectivity index (χ1v) is 8.24. The molecule has 1 atom stereocenters. The summed E-state index contributed by atoms with van der Waals surface area (Å²) < 4.78 is 50.3. The molecule has 0 bridgehead atoms. The van der Waals surface area contributed by atoms with Gasteiger partial charge in [0.1, 0.15) is 24.3 Å². The summed E-state index contributed by atoms with van der Waals surface area (Å²) in [5.74, 6) is 0.462. The molecule has 0 unspecified atom stereocenters.